The average Bonchev–Trinajstić information content (AvgIpc) is 3.00. The van der Waals surface area contributed by atoms with E-state index in [1.807, 2.05) is 0 Å². The molecule has 0 saturated carbocycles. The zero-order chi connectivity index (χ0) is 16.4. The Balaban J connectivity index is 1.89. The number of hydrogen-bond acceptors (Lipinski definition) is 5. The van der Waals surface area contributed by atoms with Crippen molar-refractivity contribution in [1.82, 2.24) is 25.2 Å². The fourth-order valence-corrected chi connectivity index (χ4v) is 2.26. The van der Waals surface area contributed by atoms with Crippen LogP contribution in [0.4, 0.5) is 14.7 Å². The van der Waals surface area contributed by atoms with Gasteiger partial charge in [-0.2, -0.15) is 9.07 Å². The standard InChI is InChI=1S/C13H8Cl2F2N6/c14-10-8(16)3-4-9(11(10)15)23-13(20-21-22-23)19-6-7-2-1-5-18-12(7)17/h1-5H,6H2,(H,19,20,22). The third kappa shape index (κ3) is 3.08. The van der Waals surface area contributed by atoms with Gasteiger partial charge in [0.1, 0.15) is 5.82 Å². The lowest BCUT2D eigenvalue weighted by atomic mass is 10.3. The average molecular weight is 357 g/mol. The number of nitrogens with zero attached hydrogens (tertiary/aromatic N) is 5. The van der Waals surface area contributed by atoms with Gasteiger partial charge in [0, 0.05) is 18.3 Å². The summed E-state index contributed by atoms with van der Waals surface area (Å²) in [6, 6.07) is 5.72. The van der Waals surface area contributed by atoms with Crippen molar-refractivity contribution < 1.29 is 8.78 Å². The fraction of sp³-hybridized carbons (Fsp3) is 0.0769. The molecule has 3 aromatic rings. The van der Waals surface area contributed by atoms with Gasteiger partial charge in [-0.25, -0.2) is 9.37 Å². The summed E-state index contributed by atoms with van der Waals surface area (Å²) in [5.41, 5.74) is 0.627. The van der Waals surface area contributed by atoms with Gasteiger partial charge in [0.05, 0.1) is 15.7 Å². The molecule has 0 aliphatic heterocycles. The second kappa shape index (κ2) is 6.43. The molecule has 0 atom stereocenters. The third-order valence-electron chi connectivity index (χ3n) is 2.99. The zero-order valence-electron chi connectivity index (χ0n) is 11.3. The molecule has 2 aromatic heterocycles. The van der Waals surface area contributed by atoms with Gasteiger partial charge in [-0.1, -0.05) is 34.4 Å². The molecule has 6 nitrogen and oxygen atoms in total. The van der Waals surface area contributed by atoms with E-state index in [-0.39, 0.29) is 28.2 Å². The molecule has 1 N–H and O–H groups in total. The monoisotopic (exact) mass is 356 g/mol. The minimum absolute atomic E-state index is 0.0328. The molecule has 1 aromatic carbocycles. The molecule has 3 rings (SSSR count). The van der Waals surface area contributed by atoms with Crippen molar-refractivity contribution in [2.45, 2.75) is 6.54 Å². The van der Waals surface area contributed by atoms with E-state index < -0.39 is 11.8 Å². The number of pyridine rings is 1. The van der Waals surface area contributed by atoms with Crippen LogP contribution < -0.4 is 5.32 Å². The van der Waals surface area contributed by atoms with Crippen LogP contribution >= 0.6 is 23.2 Å². The van der Waals surface area contributed by atoms with Gasteiger partial charge >= 0.3 is 0 Å². The van der Waals surface area contributed by atoms with E-state index >= 15 is 0 Å². The Morgan fingerprint density at radius 3 is 2.74 bits per heavy atom. The molecule has 0 amide bonds. The van der Waals surface area contributed by atoms with E-state index in [0.717, 1.165) is 6.07 Å². The van der Waals surface area contributed by atoms with Crippen molar-refractivity contribution in [2.24, 2.45) is 0 Å². The van der Waals surface area contributed by atoms with E-state index in [2.05, 4.69) is 25.8 Å². The molecule has 0 unspecified atom stereocenters. The Bertz CT molecular complexity index is 854. The number of anilines is 1. The molecule has 0 radical (unpaired) electrons. The molecule has 0 bridgehead atoms. The van der Waals surface area contributed by atoms with Crippen LogP contribution in [0.25, 0.3) is 5.69 Å². The van der Waals surface area contributed by atoms with Crippen molar-refractivity contribution in [3.05, 3.63) is 57.8 Å². The molecule has 23 heavy (non-hydrogen) atoms. The first-order valence-electron chi connectivity index (χ1n) is 6.33. The van der Waals surface area contributed by atoms with Crippen molar-refractivity contribution in [3.8, 4) is 5.69 Å². The van der Waals surface area contributed by atoms with Crippen LogP contribution in [0.1, 0.15) is 5.56 Å². The van der Waals surface area contributed by atoms with Gasteiger partial charge < -0.3 is 5.32 Å². The Hall–Kier alpha value is -2.32. The van der Waals surface area contributed by atoms with Crippen molar-refractivity contribution >= 4 is 29.2 Å². The number of nitrogens with one attached hydrogen (secondary N) is 1. The van der Waals surface area contributed by atoms with Gasteiger partial charge in [-0.05, 0) is 28.6 Å². The number of tetrazole rings is 1. The fourth-order valence-electron chi connectivity index (χ4n) is 1.86. The van der Waals surface area contributed by atoms with Gasteiger partial charge in [0.15, 0.2) is 0 Å². The molecule has 0 saturated heterocycles. The minimum atomic E-state index is -0.652. The van der Waals surface area contributed by atoms with E-state index in [4.69, 9.17) is 23.2 Å². The number of hydrogen-bond donors (Lipinski definition) is 1. The lowest BCUT2D eigenvalue weighted by Gasteiger charge is -2.09. The van der Waals surface area contributed by atoms with Crippen LogP contribution in [0, 0.1) is 11.8 Å². The van der Waals surface area contributed by atoms with Crippen LogP contribution in [0.3, 0.4) is 0 Å². The highest BCUT2D eigenvalue weighted by Crippen LogP contribution is 2.31. The first-order chi connectivity index (χ1) is 11.1. The number of aromatic nitrogens is 5. The molecule has 0 spiro atoms. The highest BCUT2D eigenvalue weighted by molar-refractivity contribution is 6.43. The molecule has 0 aliphatic rings. The molecule has 118 valence electrons. The summed E-state index contributed by atoms with van der Waals surface area (Å²) in [6.45, 7) is 0.104. The summed E-state index contributed by atoms with van der Waals surface area (Å²) in [7, 11) is 0. The number of rotatable bonds is 4. The summed E-state index contributed by atoms with van der Waals surface area (Å²) in [5, 5.41) is 13.7. The number of halogens is 4. The smallest absolute Gasteiger partial charge is 0.248 e. The van der Waals surface area contributed by atoms with E-state index in [9.17, 15) is 8.78 Å². The van der Waals surface area contributed by atoms with E-state index in [1.165, 1.54) is 16.9 Å². The second-order valence-electron chi connectivity index (χ2n) is 4.42. The Labute approximate surface area is 139 Å². The highest BCUT2D eigenvalue weighted by Gasteiger charge is 2.16. The van der Waals surface area contributed by atoms with Crippen molar-refractivity contribution in [3.63, 3.8) is 0 Å². The van der Waals surface area contributed by atoms with Crippen molar-refractivity contribution in [2.75, 3.05) is 5.32 Å². The Morgan fingerprint density at radius 2 is 1.96 bits per heavy atom. The first kappa shape index (κ1) is 15.6. The van der Waals surface area contributed by atoms with Crippen LogP contribution in [0.2, 0.25) is 10.0 Å². The maximum absolute atomic E-state index is 13.5. The molecule has 0 fully saturated rings. The minimum Gasteiger partial charge on any atom is -0.349 e. The Morgan fingerprint density at radius 1 is 1.13 bits per heavy atom. The Kier molecular flexibility index (Phi) is 4.35. The molecule has 2 heterocycles. The highest BCUT2D eigenvalue weighted by atomic mass is 35.5. The topological polar surface area (TPSA) is 68.5 Å². The van der Waals surface area contributed by atoms with Gasteiger partial charge in [-0.3, -0.25) is 0 Å². The van der Waals surface area contributed by atoms with Crippen LogP contribution in [-0.4, -0.2) is 25.2 Å². The summed E-state index contributed by atoms with van der Waals surface area (Å²) < 4.78 is 28.1. The van der Waals surface area contributed by atoms with Crippen LogP contribution in [0.5, 0.6) is 0 Å². The summed E-state index contributed by atoms with van der Waals surface area (Å²) in [5.74, 6) is -1.06. The summed E-state index contributed by atoms with van der Waals surface area (Å²) in [4.78, 5) is 3.55. The molecular formula is C13H8Cl2F2N6. The SMILES string of the molecule is Fc1ccc(-n2nnnc2NCc2cccnc2F)c(Cl)c1Cl. The first-order valence-corrected chi connectivity index (χ1v) is 7.09. The lowest BCUT2D eigenvalue weighted by Crippen LogP contribution is -2.09. The van der Waals surface area contributed by atoms with Crippen LogP contribution in [0.15, 0.2) is 30.5 Å². The lowest BCUT2D eigenvalue weighted by molar-refractivity contribution is 0.569. The predicted molar refractivity (Wildman–Crippen MR) is 80.7 cm³/mol. The summed E-state index contributed by atoms with van der Waals surface area (Å²) in [6.07, 6.45) is 1.35. The predicted octanol–water partition coefficient (Wildman–Crippen LogP) is 3.25. The molecular weight excluding hydrogens is 349 g/mol. The molecule has 10 heteroatoms. The largest absolute Gasteiger partial charge is 0.349 e. The van der Waals surface area contributed by atoms with E-state index in [1.54, 1.807) is 12.1 Å². The van der Waals surface area contributed by atoms with Crippen molar-refractivity contribution in [1.29, 1.82) is 0 Å². The normalized spacial score (nSPS) is 10.8. The quantitative estimate of drug-likeness (QED) is 0.574. The second-order valence-corrected chi connectivity index (χ2v) is 5.17. The third-order valence-corrected chi connectivity index (χ3v) is 3.83. The van der Waals surface area contributed by atoms with E-state index in [0.29, 0.717) is 5.56 Å². The molecule has 0 aliphatic carbocycles. The zero-order valence-corrected chi connectivity index (χ0v) is 12.9. The van der Waals surface area contributed by atoms with Crippen LogP contribution in [-0.2, 0) is 6.54 Å². The van der Waals surface area contributed by atoms with Gasteiger partial charge in [-0.15, -0.1) is 0 Å². The maximum Gasteiger partial charge on any atom is 0.248 e. The summed E-state index contributed by atoms with van der Waals surface area (Å²) >= 11 is 11.8. The number of benzene rings is 1. The maximum atomic E-state index is 13.5. The van der Waals surface area contributed by atoms with Gasteiger partial charge in [0.2, 0.25) is 11.9 Å². The van der Waals surface area contributed by atoms with Gasteiger partial charge in [0.25, 0.3) is 0 Å².